The van der Waals surface area contributed by atoms with Gasteiger partial charge in [-0.1, -0.05) is 6.07 Å². The highest BCUT2D eigenvalue weighted by atomic mass is 16.5. The Balaban J connectivity index is 2.62. The molecule has 0 fully saturated rings. The van der Waals surface area contributed by atoms with Gasteiger partial charge in [-0.15, -0.1) is 0 Å². The van der Waals surface area contributed by atoms with E-state index in [1.54, 1.807) is 39.0 Å². The average Bonchev–Trinajstić information content (AvgIpc) is 2.48. The summed E-state index contributed by atoms with van der Waals surface area (Å²) in [6.07, 6.45) is -0.540. The van der Waals surface area contributed by atoms with Gasteiger partial charge in [0.05, 0.1) is 13.2 Å². The third-order valence-electron chi connectivity index (χ3n) is 2.88. The molecule has 0 aromatic heterocycles. The van der Waals surface area contributed by atoms with Crippen LogP contribution >= 0.6 is 0 Å². The first-order valence-electron chi connectivity index (χ1n) is 7.32. The van der Waals surface area contributed by atoms with Crippen molar-refractivity contribution in [3.8, 4) is 0 Å². The molecule has 0 saturated heterocycles. The Bertz CT molecular complexity index is 575. The molecule has 0 radical (unpaired) electrons. The standard InChI is InChI=1S/C15H22N4O4/c1-4-16-14(21)19-13(20)9-17-11-7-6-8-12(10(11)3)18-15(22)23-5-2/h6-8,17H,4-5,9H2,1-3H3,(H,18,22)(H2,16,19,20,21). The maximum Gasteiger partial charge on any atom is 0.411 e. The first-order chi connectivity index (χ1) is 11.0. The highest BCUT2D eigenvalue weighted by Gasteiger charge is 2.10. The fourth-order valence-electron chi connectivity index (χ4n) is 1.79. The fraction of sp³-hybridized carbons (Fsp3) is 0.400. The van der Waals surface area contributed by atoms with Crippen molar-refractivity contribution in [2.45, 2.75) is 20.8 Å². The Morgan fingerprint density at radius 3 is 2.48 bits per heavy atom. The molecule has 23 heavy (non-hydrogen) atoms. The van der Waals surface area contributed by atoms with Crippen LogP contribution < -0.4 is 21.3 Å². The van der Waals surface area contributed by atoms with E-state index in [0.29, 0.717) is 17.9 Å². The Kier molecular flexibility index (Phi) is 7.38. The lowest BCUT2D eigenvalue weighted by Gasteiger charge is -2.14. The third kappa shape index (κ3) is 6.25. The van der Waals surface area contributed by atoms with E-state index in [9.17, 15) is 14.4 Å². The van der Waals surface area contributed by atoms with Crippen LogP contribution in [0, 0.1) is 6.92 Å². The van der Waals surface area contributed by atoms with Crippen molar-refractivity contribution in [3.05, 3.63) is 23.8 Å². The molecule has 0 saturated carbocycles. The zero-order valence-corrected chi connectivity index (χ0v) is 13.5. The monoisotopic (exact) mass is 322 g/mol. The van der Waals surface area contributed by atoms with Gasteiger partial charge in [-0.3, -0.25) is 15.4 Å². The zero-order chi connectivity index (χ0) is 17.2. The predicted molar refractivity (Wildman–Crippen MR) is 87.5 cm³/mol. The maximum atomic E-state index is 11.6. The van der Waals surface area contributed by atoms with Crippen LogP contribution in [-0.2, 0) is 9.53 Å². The molecule has 0 aliphatic rings. The number of ether oxygens (including phenoxy) is 1. The molecule has 0 bridgehead atoms. The van der Waals surface area contributed by atoms with E-state index in [0.717, 1.165) is 5.56 Å². The van der Waals surface area contributed by atoms with E-state index in [1.807, 2.05) is 0 Å². The number of nitrogens with one attached hydrogen (secondary N) is 4. The zero-order valence-electron chi connectivity index (χ0n) is 13.5. The molecule has 0 atom stereocenters. The van der Waals surface area contributed by atoms with Gasteiger partial charge in [0.1, 0.15) is 0 Å². The van der Waals surface area contributed by atoms with E-state index in [2.05, 4.69) is 21.3 Å². The van der Waals surface area contributed by atoms with Crippen molar-refractivity contribution >= 4 is 29.4 Å². The molecular formula is C15H22N4O4. The lowest BCUT2D eigenvalue weighted by Crippen LogP contribution is -2.41. The van der Waals surface area contributed by atoms with Gasteiger partial charge < -0.3 is 15.4 Å². The van der Waals surface area contributed by atoms with Gasteiger partial charge in [0.2, 0.25) is 5.91 Å². The van der Waals surface area contributed by atoms with Gasteiger partial charge in [0, 0.05) is 17.9 Å². The number of anilines is 2. The van der Waals surface area contributed by atoms with E-state index in [-0.39, 0.29) is 13.2 Å². The van der Waals surface area contributed by atoms with Crippen LogP contribution in [0.4, 0.5) is 21.0 Å². The molecule has 8 nitrogen and oxygen atoms in total. The molecule has 0 heterocycles. The number of rotatable bonds is 6. The lowest BCUT2D eigenvalue weighted by molar-refractivity contribution is -0.118. The molecule has 1 aromatic rings. The second kappa shape index (κ2) is 9.29. The van der Waals surface area contributed by atoms with Crippen LogP contribution in [0.2, 0.25) is 0 Å². The van der Waals surface area contributed by atoms with E-state index >= 15 is 0 Å². The smallest absolute Gasteiger partial charge is 0.411 e. The number of hydrogen-bond acceptors (Lipinski definition) is 5. The quantitative estimate of drug-likeness (QED) is 0.639. The lowest BCUT2D eigenvalue weighted by atomic mass is 10.1. The minimum Gasteiger partial charge on any atom is -0.450 e. The minimum atomic E-state index is -0.540. The van der Waals surface area contributed by atoms with Gasteiger partial charge in [-0.05, 0) is 38.5 Å². The van der Waals surface area contributed by atoms with E-state index in [4.69, 9.17) is 4.74 Å². The Morgan fingerprint density at radius 1 is 1.13 bits per heavy atom. The normalized spacial score (nSPS) is 9.70. The average molecular weight is 322 g/mol. The Hall–Kier alpha value is -2.77. The summed E-state index contributed by atoms with van der Waals surface area (Å²) in [7, 11) is 0. The molecule has 4 amide bonds. The highest BCUT2D eigenvalue weighted by Crippen LogP contribution is 2.23. The summed E-state index contributed by atoms with van der Waals surface area (Å²) in [4.78, 5) is 34.3. The van der Waals surface area contributed by atoms with E-state index < -0.39 is 18.0 Å². The number of hydrogen-bond donors (Lipinski definition) is 4. The van der Waals surface area contributed by atoms with Crippen molar-refractivity contribution in [3.63, 3.8) is 0 Å². The van der Waals surface area contributed by atoms with Crippen molar-refractivity contribution in [1.29, 1.82) is 0 Å². The van der Waals surface area contributed by atoms with Crippen LogP contribution in [0.5, 0.6) is 0 Å². The first-order valence-corrected chi connectivity index (χ1v) is 7.32. The Morgan fingerprint density at radius 2 is 1.83 bits per heavy atom. The number of amides is 4. The van der Waals surface area contributed by atoms with Gasteiger partial charge >= 0.3 is 12.1 Å². The molecule has 1 aromatic carbocycles. The largest absolute Gasteiger partial charge is 0.450 e. The summed E-state index contributed by atoms with van der Waals surface area (Å²) >= 11 is 0. The summed E-state index contributed by atoms with van der Waals surface area (Å²) < 4.78 is 4.83. The third-order valence-corrected chi connectivity index (χ3v) is 2.88. The molecule has 126 valence electrons. The minimum absolute atomic E-state index is 0.0686. The van der Waals surface area contributed by atoms with Crippen LogP contribution in [0.1, 0.15) is 19.4 Å². The summed E-state index contributed by atoms with van der Waals surface area (Å²) in [5, 5.41) is 10.2. The molecule has 0 aliphatic carbocycles. The SMILES string of the molecule is CCNC(=O)NC(=O)CNc1cccc(NC(=O)OCC)c1C. The van der Waals surface area contributed by atoms with Gasteiger partial charge in [0.25, 0.3) is 0 Å². The first kappa shape index (κ1) is 18.3. The molecule has 0 spiro atoms. The summed E-state index contributed by atoms with van der Waals surface area (Å²) in [6, 6.07) is 4.70. The summed E-state index contributed by atoms with van der Waals surface area (Å²) in [5.41, 5.74) is 2.01. The fourth-order valence-corrected chi connectivity index (χ4v) is 1.79. The topological polar surface area (TPSA) is 109 Å². The van der Waals surface area contributed by atoms with Crippen molar-refractivity contribution < 1.29 is 19.1 Å². The number of carbonyl (C=O) groups is 3. The van der Waals surface area contributed by atoms with Gasteiger partial charge in [0.15, 0.2) is 0 Å². The van der Waals surface area contributed by atoms with Crippen molar-refractivity contribution in [1.82, 2.24) is 10.6 Å². The van der Waals surface area contributed by atoms with Crippen LogP contribution in [0.25, 0.3) is 0 Å². The molecule has 4 N–H and O–H groups in total. The van der Waals surface area contributed by atoms with E-state index in [1.165, 1.54) is 0 Å². The maximum absolute atomic E-state index is 11.6. The van der Waals surface area contributed by atoms with Crippen LogP contribution in [0.15, 0.2) is 18.2 Å². The molecule has 0 unspecified atom stereocenters. The summed E-state index contributed by atoms with van der Waals surface area (Å²) in [5.74, 6) is -0.459. The van der Waals surface area contributed by atoms with Crippen molar-refractivity contribution in [2.24, 2.45) is 0 Å². The molecule has 1 rings (SSSR count). The van der Waals surface area contributed by atoms with Gasteiger partial charge in [-0.2, -0.15) is 0 Å². The number of urea groups is 1. The number of imide groups is 1. The van der Waals surface area contributed by atoms with Gasteiger partial charge in [-0.25, -0.2) is 9.59 Å². The number of carbonyl (C=O) groups excluding carboxylic acids is 3. The second-order valence-corrected chi connectivity index (χ2v) is 4.58. The molecule has 0 aliphatic heterocycles. The summed E-state index contributed by atoms with van der Waals surface area (Å²) in [6.45, 7) is 5.92. The Labute approximate surface area is 135 Å². The molecular weight excluding hydrogens is 300 g/mol. The molecule has 8 heteroatoms. The second-order valence-electron chi connectivity index (χ2n) is 4.58. The van der Waals surface area contributed by atoms with Crippen LogP contribution in [-0.4, -0.2) is 37.7 Å². The number of benzene rings is 1. The highest BCUT2D eigenvalue weighted by molar-refractivity contribution is 5.96. The van der Waals surface area contributed by atoms with Crippen molar-refractivity contribution in [2.75, 3.05) is 30.3 Å². The predicted octanol–water partition coefficient (Wildman–Crippen LogP) is 1.82. The van der Waals surface area contributed by atoms with Crippen LogP contribution in [0.3, 0.4) is 0 Å².